The Balaban J connectivity index is 0.961. The number of amides is 6. The average molecular weight is 750 g/mol. The van der Waals surface area contributed by atoms with Gasteiger partial charge in [0, 0.05) is 48.4 Å². The third-order valence-electron chi connectivity index (χ3n) is 11.5. The van der Waals surface area contributed by atoms with Crippen molar-refractivity contribution < 1.29 is 33.5 Å². The maximum atomic E-state index is 13.7. The average Bonchev–Trinajstić information content (AvgIpc) is 3.60. The molecule has 2 saturated carbocycles. The first-order chi connectivity index (χ1) is 26.5. The molecule has 6 amide bonds. The van der Waals surface area contributed by atoms with E-state index in [-0.39, 0.29) is 54.8 Å². The number of rotatable bonds is 10. The van der Waals surface area contributed by atoms with Gasteiger partial charge in [-0.3, -0.25) is 34.1 Å². The number of carbonyl (C=O) groups is 6. The largest absolute Gasteiger partial charge is 0.495 e. The Morgan fingerprint density at radius 3 is 2.53 bits per heavy atom. The van der Waals surface area contributed by atoms with Gasteiger partial charge in [0.1, 0.15) is 29.1 Å². The van der Waals surface area contributed by atoms with Gasteiger partial charge in [-0.25, -0.2) is 4.98 Å². The number of nitrogens with zero attached hydrogens (tertiary/aromatic N) is 5. The van der Waals surface area contributed by atoms with Crippen LogP contribution in [0.1, 0.15) is 91.0 Å². The number of nitrogens with one attached hydrogen (secondary N) is 4. The number of aromatic nitrogens is 2. The van der Waals surface area contributed by atoms with Crippen molar-refractivity contribution in [1.29, 1.82) is 0 Å². The first-order valence-electron chi connectivity index (χ1n) is 18.8. The number of carbonyl (C=O) groups excluding carboxylic acids is 6. The summed E-state index contributed by atoms with van der Waals surface area (Å²) < 4.78 is 5.66. The van der Waals surface area contributed by atoms with E-state index in [9.17, 15) is 28.8 Å². The summed E-state index contributed by atoms with van der Waals surface area (Å²) in [5.74, 6) is -0.697. The van der Waals surface area contributed by atoms with Crippen LogP contribution in [0.4, 0.5) is 28.8 Å². The van der Waals surface area contributed by atoms with E-state index in [1.54, 1.807) is 54.5 Å². The van der Waals surface area contributed by atoms with Crippen LogP contribution in [0.15, 0.2) is 42.6 Å². The molecule has 2 atom stereocenters. The molecule has 4 N–H and O–H groups in total. The molecule has 2 aromatic carbocycles. The highest BCUT2D eigenvalue weighted by atomic mass is 16.5. The second-order valence-corrected chi connectivity index (χ2v) is 14.8. The molecule has 4 heterocycles. The number of fused-ring (bicyclic) bond motifs is 2. The topological polar surface area (TPSA) is 195 Å². The predicted octanol–water partition coefficient (Wildman–Crippen LogP) is 3.39. The predicted molar refractivity (Wildman–Crippen MR) is 201 cm³/mol. The number of likely N-dealkylation sites (N-methyl/N-ethyl adjacent to an activating group) is 1. The summed E-state index contributed by atoms with van der Waals surface area (Å²) in [6.45, 7) is 2.11. The van der Waals surface area contributed by atoms with Gasteiger partial charge in [-0.1, -0.05) is 25.8 Å². The Hall–Kier alpha value is -6.06. The first kappa shape index (κ1) is 35.9. The standard InChI is InChI=1S/C39H43N9O7/c1-4-27-36(53)46(2)29-19-40-38(44-32(29)48(27)22-8-5-6-9-22)42-26-13-12-21(18-30(26)55-3)33(50)45-39(16-17-39)37(54)41-25-11-7-10-23-24(25)20-47(35(23)52)28-14-15-31(49)43-34(28)51/h7,10-13,18-19,22,27-28H,4-6,8-9,14-17,20H2,1-3H3,(H,41,54)(H,45,50)(H,40,42,44)(H,43,49,51)/t27-,28?/m1/s1. The molecule has 3 fully saturated rings. The van der Waals surface area contributed by atoms with Gasteiger partial charge in [0.25, 0.3) is 11.8 Å². The van der Waals surface area contributed by atoms with Gasteiger partial charge < -0.3 is 35.4 Å². The van der Waals surface area contributed by atoms with Crippen LogP contribution >= 0.6 is 0 Å². The molecule has 286 valence electrons. The first-order valence-corrected chi connectivity index (χ1v) is 18.8. The number of methoxy groups -OCH3 is 1. The van der Waals surface area contributed by atoms with Gasteiger partial charge >= 0.3 is 0 Å². The lowest BCUT2D eigenvalue weighted by Crippen LogP contribution is -2.55. The molecule has 3 aromatic rings. The monoisotopic (exact) mass is 749 g/mol. The highest BCUT2D eigenvalue weighted by molar-refractivity contribution is 6.09. The number of hydrogen-bond donors (Lipinski definition) is 4. The van der Waals surface area contributed by atoms with Crippen molar-refractivity contribution in [3.63, 3.8) is 0 Å². The SMILES string of the molecule is CC[C@@H]1C(=O)N(C)c2cnc(Nc3ccc(C(=O)NC4(C(=O)Nc5cccc6c5CN(C5CCC(=O)NC5=O)C6=O)CC4)cc3OC)nc2N1C1CCCC1. The molecule has 1 unspecified atom stereocenters. The number of piperidine rings is 1. The zero-order valence-electron chi connectivity index (χ0n) is 30.9. The van der Waals surface area contributed by atoms with Crippen LogP contribution in [0.2, 0.25) is 0 Å². The smallest absolute Gasteiger partial charge is 0.255 e. The fraction of sp³-hybridized carbons (Fsp3) is 0.436. The van der Waals surface area contributed by atoms with Crippen molar-refractivity contribution in [1.82, 2.24) is 25.5 Å². The third kappa shape index (κ3) is 6.38. The van der Waals surface area contributed by atoms with Crippen molar-refractivity contribution in [2.24, 2.45) is 0 Å². The van der Waals surface area contributed by atoms with Gasteiger partial charge in [0.15, 0.2) is 5.82 Å². The second-order valence-electron chi connectivity index (χ2n) is 14.8. The summed E-state index contributed by atoms with van der Waals surface area (Å²) in [4.78, 5) is 92.7. The van der Waals surface area contributed by atoms with Crippen molar-refractivity contribution >= 4 is 64.3 Å². The van der Waals surface area contributed by atoms with Crippen molar-refractivity contribution in [2.75, 3.05) is 34.6 Å². The number of anilines is 5. The van der Waals surface area contributed by atoms with Gasteiger partial charge in [0.2, 0.25) is 29.6 Å². The number of imide groups is 1. The lowest BCUT2D eigenvalue weighted by Gasteiger charge is -2.43. The van der Waals surface area contributed by atoms with Crippen LogP contribution < -0.4 is 35.8 Å². The minimum absolute atomic E-state index is 0.0330. The van der Waals surface area contributed by atoms with Crippen molar-refractivity contribution in [3.8, 4) is 5.75 Å². The molecular weight excluding hydrogens is 706 g/mol. The molecule has 16 nitrogen and oxygen atoms in total. The lowest BCUT2D eigenvalue weighted by molar-refractivity contribution is -0.137. The van der Waals surface area contributed by atoms with E-state index in [0.29, 0.717) is 65.0 Å². The molecular formula is C39H43N9O7. The second kappa shape index (κ2) is 14.0. The molecule has 16 heteroatoms. The minimum atomic E-state index is -1.15. The highest BCUT2D eigenvalue weighted by Gasteiger charge is 2.52. The van der Waals surface area contributed by atoms with Crippen LogP contribution in [0.25, 0.3) is 0 Å². The van der Waals surface area contributed by atoms with Crippen LogP contribution in [0.5, 0.6) is 5.75 Å². The van der Waals surface area contributed by atoms with Gasteiger partial charge in [-0.15, -0.1) is 0 Å². The molecule has 0 spiro atoms. The van der Waals surface area contributed by atoms with Crippen LogP contribution in [-0.2, 0) is 25.7 Å². The molecule has 8 rings (SSSR count). The Bertz CT molecular complexity index is 2130. The maximum absolute atomic E-state index is 13.7. The van der Waals surface area contributed by atoms with E-state index < -0.39 is 29.3 Å². The van der Waals surface area contributed by atoms with E-state index in [1.165, 1.54) is 12.0 Å². The Morgan fingerprint density at radius 1 is 1.04 bits per heavy atom. The fourth-order valence-corrected chi connectivity index (χ4v) is 8.27. The molecule has 1 aromatic heterocycles. The van der Waals surface area contributed by atoms with Gasteiger partial charge in [-0.2, -0.15) is 4.98 Å². The molecule has 3 aliphatic heterocycles. The van der Waals surface area contributed by atoms with Crippen LogP contribution in [0, 0.1) is 0 Å². The molecule has 5 aliphatic rings. The quantitative estimate of drug-likeness (QED) is 0.222. The Labute approximate surface area is 317 Å². The summed E-state index contributed by atoms with van der Waals surface area (Å²) in [6, 6.07) is 9.01. The normalized spacial score (nSPS) is 21.5. The third-order valence-corrected chi connectivity index (χ3v) is 11.5. The summed E-state index contributed by atoms with van der Waals surface area (Å²) in [5.41, 5.74) is 1.67. The molecule has 1 saturated heterocycles. The van der Waals surface area contributed by atoms with E-state index in [1.807, 2.05) is 6.92 Å². The molecule has 55 heavy (non-hydrogen) atoms. The summed E-state index contributed by atoms with van der Waals surface area (Å²) in [7, 11) is 3.24. The summed E-state index contributed by atoms with van der Waals surface area (Å²) in [5, 5.41) is 11.3. The van der Waals surface area contributed by atoms with Crippen LogP contribution in [-0.4, -0.2) is 88.1 Å². The van der Waals surface area contributed by atoms with Gasteiger partial charge in [0.05, 0.1) is 19.0 Å². The molecule has 2 aliphatic carbocycles. The Kier molecular flexibility index (Phi) is 9.13. The van der Waals surface area contributed by atoms with E-state index in [4.69, 9.17) is 9.72 Å². The molecule has 0 bridgehead atoms. The number of ether oxygens (including phenoxy) is 1. The zero-order valence-corrected chi connectivity index (χ0v) is 30.9. The van der Waals surface area contributed by atoms with Crippen molar-refractivity contribution in [3.05, 3.63) is 59.3 Å². The summed E-state index contributed by atoms with van der Waals surface area (Å²) >= 11 is 0. The summed E-state index contributed by atoms with van der Waals surface area (Å²) in [6.07, 6.45) is 7.74. The maximum Gasteiger partial charge on any atom is 0.255 e. The van der Waals surface area contributed by atoms with Crippen molar-refractivity contribution in [2.45, 2.75) is 94.9 Å². The van der Waals surface area contributed by atoms with E-state index in [0.717, 1.165) is 25.7 Å². The zero-order chi connectivity index (χ0) is 38.6. The minimum Gasteiger partial charge on any atom is -0.495 e. The van der Waals surface area contributed by atoms with Crippen LogP contribution in [0.3, 0.4) is 0 Å². The van der Waals surface area contributed by atoms with Gasteiger partial charge in [-0.05, 0) is 68.9 Å². The number of benzene rings is 2. The number of hydrogen-bond acceptors (Lipinski definition) is 11. The van der Waals surface area contributed by atoms with E-state index >= 15 is 0 Å². The highest BCUT2D eigenvalue weighted by Crippen LogP contribution is 2.42. The lowest BCUT2D eigenvalue weighted by atomic mass is 10.0. The fourth-order valence-electron chi connectivity index (χ4n) is 8.27. The molecule has 0 radical (unpaired) electrons. The Morgan fingerprint density at radius 2 is 1.82 bits per heavy atom. The van der Waals surface area contributed by atoms with E-state index in [2.05, 4.69) is 31.2 Å².